The number of allylic oxidation sites excluding steroid dienone is 1. The summed E-state index contributed by atoms with van der Waals surface area (Å²) in [5, 5.41) is 19.0. The van der Waals surface area contributed by atoms with E-state index in [4.69, 9.17) is 10.5 Å². The monoisotopic (exact) mass is 428 g/mol. The highest BCUT2D eigenvalue weighted by Crippen LogP contribution is 2.63. The molecule has 10 heteroatoms. The zero-order chi connectivity index (χ0) is 18.7. The van der Waals surface area contributed by atoms with Gasteiger partial charge in [0.15, 0.2) is 5.65 Å². The van der Waals surface area contributed by atoms with E-state index in [-0.39, 0.29) is 4.08 Å². The van der Waals surface area contributed by atoms with Crippen LogP contribution in [0.15, 0.2) is 51.5 Å². The van der Waals surface area contributed by atoms with E-state index in [1.807, 2.05) is 47.8 Å². The van der Waals surface area contributed by atoms with Crippen molar-refractivity contribution in [3.05, 3.63) is 46.4 Å². The molecule has 2 aliphatic heterocycles. The van der Waals surface area contributed by atoms with Gasteiger partial charge < -0.3 is 10.5 Å². The third kappa shape index (κ3) is 2.34. The normalized spacial score (nSPS) is 21.1. The molecule has 142 valence electrons. The van der Waals surface area contributed by atoms with Crippen LogP contribution in [0.2, 0.25) is 0 Å². The molecule has 0 radical (unpaired) electrons. The van der Waals surface area contributed by atoms with Crippen LogP contribution in [-0.4, -0.2) is 40.6 Å². The molecular formula is C18H16N6OS3. The third-order valence-electron chi connectivity index (χ3n) is 5.21. The lowest BCUT2D eigenvalue weighted by Crippen LogP contribution is -2.30. The van der Waals surface area contributed by atoms with Gasteiger partial charge in [-0.3, -0.25) is 0 Å². The zero-order valence-corrected chi connectivity index (χ0v) is 17.2. The molecule has 0 unspecified atom stereocenters. The first-order valence-corrected chi connectivity index (χ1v) is 11.9. The second kappa shape index (κ2) is 6.30. The number of nitrogens with two attached hydrogens (primary N) is 1. The van der Waals surface area contributed by atoms with Crippen LogP contribution in [-0.2, 0) is 4.74 Å². The van der Waals surface area contributed by atoms with Gasteiger partial charge in [-0.15, -0.1) is 38.8 Å². The van der Waals surface area contributed by atoms with Crippen molar-refractivity contribution in [1.29, 1.82) is 0 Å². The Bertz CT molecular complexity index is 1180. The quantitative estimate of drug-likeness (QED) is 0.658. The molecule has 4 heterocycles. The van der Waals surface area contributed by atoms with Crippen molar-refractivity contribution in [2.45, 2.75) is 28.5 Å². The minimum absolute atomic E-state index is 0.158. The first-order valence-electron chi connectivity index (χ1n) is 9.09. The van der Waals surface area contributed by atoms with Crippen molar-refractivity contribution in [2.75, 3.05) is 11.5 Å². The van der Waals surface area contributed by atoms with Gasteiger partial charge in [0, 0.05) is 23.3 Å². The van der Waals surface area contributed by atoms with Gasteiger partial charge in [0.05, 0.1) is 10.4 Å². The fraction of sp³-hybridized carbons (Fsp3) is 0.333. The Labute approximate surface area is 173 Å². The molecule has 1 fully saturated rings. The van der Waals surface area contributed by atoms with Crippen LogP contribution in [0.25, 0.3) is 16.6 Å². The number of hydrogen-bond acceptors (Lipinski definition) is 9. The standard InChI is InChI=1S/C18H16N6OS3/c19-15-14(18(26-8-9-27-18)11-5-3-7-13(11)25-15)28-17-22-21-16-10-4-1-2-6-12(10)20-23-24(16)17/h1-2,4,6H,3,5,7-9,19H2. The third-order valence-corrected chi connectivity index (χ3v) is 10.1. The first kappa shape index (κ1) is 17.0. The van der Waals surface area contributed by atoms with Crippen molar-refractivity contribution in [1.82, 2.24) is 25.0 Å². The van der Waals surface area contributed by atoms with E-state index < -0.39 is 0 Å². The zero-order valence-electron chi connectivity index (χ0n) is 14.8. The molecule has 2 aromatic heterocycles. The summed E-state index contributed by atoms with van der Waals surface area (Å²) in [6, 6.07) is 7.82. The minimum atomic E-state index is -0.158. The lowest BCUT2D eigenvalue weighted by molar-refractivity contribution is 0.278. The van der Waals surface area contributed by atoms with Gasteiger partial charge in [0.2, 0.25) is 11.0 Å². The molecule has 28 heavy (non-hydrogen) atoms. The number of benzene rings is 1. The maximum Gasteiger partial charge on any atom is 0.218 e. The predicted molar refractivity (Wildman–Crippen MR) is 113 cm³/mol. The summed E-state index contributed by atoms with van der Waals surface area (Å²) in [6.45, 7) is 0. The number of nitrogens with zero attached hydrogens (tertiary/aromatic N) is 5. The van der Waals surface area contributed by atoms with Gasteiger partial charge in [-0.25, -0.2) is 0 Å². The van der Waals surface area contributed by atoms with E-state index in [2.05, 4.69) is 20.5 Å². The molecule has 6 rings (SSSR count). The van der Waals surface area contributed by atoms with E-state index in [1.165, 1.54) is 17.3 Å². The Morgan fingerprint density at radius 2 is 1.96 bits per heavy atom. The molecule has 0 amide bonds. The summed E-state index contributed by atoms with van der Waals surface area (Å²) in [6.07, 6.45) is 3.17. The van der Waals surface area contributed by atoms with Crippen molar-refractivity contribution in [3.63, 3.8) is 0 Å². The SMILES string of the molecule is NC1=C(Sc2nnc3c4ccccc4nnn23)C2(SCCS2)C2=C(CCC2)O1. The molecule has 0 saturated carbocycles. The summed E-state index contributed by atoms with van der Waals surface area (Å²) in [7, 11) is 0. The highest BCUT2D eigenvalue weighted by Gasteiger charge is 2.50. The number of thioether (sulfide) groups is 3. The smallest absolute Gasteiger partial charge is 0.218 e. The van der Waals surface area contributed by atoms with Gasteiger partial charge >= 0.3 is 0 Å². The molecule has 1 aliphatic carbocycles. The fourth-order valence-electron chi connectivity index (χ4n) is 4.00. The minimum Gasteiger partial charge on any atom is -0.445 e. The second-order valence-electron chi connectivity index (χ2n) is 6.79. The maximum absolute atomic E-state index is 6.42. The lowest BCUT2D eigenvalue weighted by atomic mass is 10.1. The predicted octanol–water partition coefficient (Wildman–Crippen LogP) is 3.54. The highest BCUT2D eigenvalue weighted by atomic mass is 32.2. The highest BCUT2D eigenvalue weighted by molar-refractivity contribution is 8.23. The Balaban J connectivity index is 1.47. The first-order chi connectivity index (χ1) is 13.8. The molecule has 2 N–H and O–H groups in total. The molecule has 0 atom stereocenters. The summed E-state index contributed by atoms with van der Waals surface area (Å²) in [5.41, 5.74) is 9.32. The van der Waals surface area contributed by atoms with Crippen molar-refractivity contribution >= 4 is 51.8 Å². The van der Waals surface area contributed by atoms with Crippen LogP contribution in [0.4, 0.5) is 0 Å². The Morgan fingerprint density at radius 3 is 2.86 bits per heavy atom. The van der Waals surface area contributed by atoms with Crippen LogP contribution in [0.1, 0.15) is 19.3 Å². The average Bonchev–Trinajstić information content (AvgIpc) is 3.45. The van der Waals surface area contributed by atoms with Gasteiger partial charge in [0.25, 0.3) is 0 Å². The van der Waals surface area contributed by atoms with E-state index in [0.29, 0.717) is 16.7 Å². The summed E-state index contributed by atoms with van der Waals surface area (Å²) < 4.78 is 7.58. The lowest BCUT2D eigenvalue weighted by Gasteiger charge is -2.35. The molecule has 3 aromatic rings. The molecule has 3 aliphatic rings. The largest absolute Gasteiger partial charge is 0.445 e. The molecule has 7 nitrogen and oxygen atoms in total. The molecule has 1 spiro atoms. The topological polar surface area (TPSA) is 91.2 Å². The van der Waals surface area contributed by atoms with Crippen LogP contribution in [0, 0.1) is 0 Å². The van der Waals surface area contributed by atoms with Gasteiger partial charge in [-0.05, 0) is 42.3 Å². The van der Waals surface area contributed by atoms with E-state index in [1.54, 1.807) is 4.52 Å². The summed E-state index contributed by atoms with van der Waals surface area (Å²) in [5.74, 6) is 3.76. The van der Waals surface area contributed by atoms with Crippen molar-refractivity contribution in [3.8, 4) is 0 Å². The van der Waals surface area contributed by atoms with E-state index in [9.17, 15) is 0 Å². The summed E-state index contributed by atoms with van der Waals surface area (Å²) >= 11 is 5.42. The Hall–Kier alpha value is -1.91. The number of aromatic nitrogens is 5. The Morgan fingerprint density at radius 1 is 1.11 bits per heavy atom. The Kier molecular flexibility index (Phi) is 3.82. The van der Waals surface area contributed by atoms with Gasteiger partial charge in [0.1, 0.15) is 9.84 Å². The molecule has 1 saturated heterocycles. The van der Waals surface area contributed by atoms with Gasteiger partial charge in [-0.2, -0.15) is 4.52 Å². The van der Waals surface area contributed by atoms with E-state index in [0.717, 1.165) is 52.3 Å². The van der Waals surface area contributed by atoms with Crippen molar-refractivity contribution in [2.24, 2.45) is 5.73 Å². The average molecular weight is 429 g/mol. The number of ether oxygens (including phenoxy) is 1. The van der Waals surface area contributed by atoms with Crippen LogP contribution in [0.3, 0.4) is 0 Å². The van der Waals surface area contributed by atoms with Gasteiger partial charge in [-0.1, -0.05) is 17.3 Å². The molecule has 0 bridgehead atoms. The summed E-state index contributed by atoms with van der Waals surface area (Å²) in [4.78, 5) is 1.00. The number of hydrogen-bond donors (Lipinski definition) is 1. The van der Waals surface area contributed by atoms with E-state index >= 15 is 0 Å². The number of rotatable bonds is 2. The molecular weight excluding hydrogens is 412 g/mol. The molecule has 1 aromatic carbocycles. The maximum atomic E-state index is 6.42. The number of fused-ring (bicyclic) bond motifs is 4. The second-order valence-corrected chi connectivity index (χ2v) is 10.6. The van der Waals surface area contributed by atoms with Crippen LogP contribution >= 0.6 is 35.3 Å². The van der Waals surface area contributed by atoms with Crippen molar-refractivity contribution < 1.29 is 4.74 Å². The van der Waals surface area contributed by atoms with Crippen LogP contribution in [0.5, 0.6) is 0 Å². The van der Waals surface area contributed by atoms with Crippen LogP contribution < -0.4 is 5.73 Å². The fourth-order valence-corrected chi connectivity index (χ4v) is 8.80.